The Balaban J connectivity index is 1.60. The maximum Gasteiger partial charge on any atom is 0.254 e. The van der Waals surface area contributed by atoms with Crippen LogP contribution in [0.25, 0.3) is 11.4 Å². The molecule has 1 aliphatic rings. The number of amides is 1. The second kappa shape index (κ2) is 6.27. The molecule has 0 spiro atoms. The summed E-state index contributed by atoms with van der Waals surface area (Å²) in [5.41, 5.74) is 1.50. The number of imidazole rings is 1. The lowest BCUT2D eigenvalue weighted by Gasteiger charge is -2.32. The number of H-pyrrole nitrogens is 2. The van der Waals surface area contributed by atoms with Gasteiger partial charge in [-0.1, -0.05) is 18.2 Å². The lowest BCUT2D eigenvalue weighted by Crippen LogP contribution is -2.39. The van der Waals surface area contributed by atoms with Crippen molar-refractivity contribution in [2.45, 2.75) is 18.8 Å². The molecule has 0 saturated carbocycles. The lowest BCUT2D eigenvalue weighted by atomic mass is 9.96. The van der Waals surface area contributed by atoms with Crippen LogP contribution in [-0.2, 0) is 0 Å². The number of hydrogen-bond acceptors (Lipinski definition) is 4. The van der Waals surface area contributed by atoms with E-state index >= 15 is 0 Å². The number of piperidine rings is 1. The number of aromatic amines is 2. The zero-order chi connectivity index (χ0) is 16.4. The molecule has 1 saturated heterocycles. The van der Waals surface area contributed by atoms with Gasteiger partial charge in [-0.3, -0.25) is 9.89 Å². The monoisotopic (exact) mass is 322 g/mol. The van der Waals surface area contributed by atoms with E-state index in [1.54, 1.807) is 12.4 Å². The van der Waals surface area contributed by atoms with Crippen LogP contribution in [0.1, 0.15) is 34.9 Å². The predicted octanol–water partition coefficient (Wildman–Crippen LogP) is 2.21. The zero-order valence-corrected chi connectivity index (χ0v) is 13.1. The molecule has 0 aliphatic carbocycles. The predicted molar refractivity (Wildman–Crippen MR) is 88.3 cm³/mol. The SMILES string of the molecule is O=C(c1ccccc1-c1ncc[nH]1)N1CCC[C@H](c2ncn[nH]2)C1. The third-order valence-electron chi connectivity index (χ3n) is 4.44. The van der Waals surface area contributed by atoms with E-state index in [0.29, 0.717) is 17.9 Å². The first-order valence-electron chi connectivity index (χ1n) is 8.06. The Hall–Kier alpha value is -2.96. The van der Waals surface area contributed by atoms with Crippen LogP contribution >= 0.6 is 0 Å². The molecular formula is C17H18N6O. The van der Waals surface area contributed by atoms with Crippen LogP contribution in [0.15, 0.2) is 43.0 Å². The van der Waals surface area contributed by atoms with Gasteiger partial charge in [0.2, 0.25) is 0 Å². The summed E-state index contributed by atoms with van der Waals surface area (Å²) in [7, 11) is 0. The molecule has 1 fully saturated rings. The fourth-order valence-corrected chi connectivity index (χ4v) is 3.26. The summed E-state index contributed by atoms with van der Waals surface area (Å²) in [6.45, 7) is 1.41. The van der Waals surface area contributed by atoms with Crippen molar-refractivity contribution in [3.8, 4) is 11.4 Å². The fourth-order valence-electron chi connectivity index (χ4n) is 3.26. The topological polar surface area (TPSA) is 90.6 Å². The van der Waals surface area contributed by atoms with Gasteiger partial charge in [-0.05, 0) is 18.9 Å². The molecule has 24 heavy (non-hydrogen) atoms. The van der Waals surface area contributed by atoms with Gasteiger partial charge in [-0.15, -0.1) is 0 Å². The van der Waals surface area contributed by atoms with Crippen LogP contribution in [-0.4, -0.2) is 49.0 Å². The molecular weight excluding hydrogens is 304 g/mol. The molecule has 3 heterocycles. The molecule has 3 aromatic rings. The molecule has 122 valence electrons. The van der Waals surface area contributed by atoms with Crippen molar-refractivity contribution in [3.05, 3.63) is 54.4 Å². The van der Waals surface area contributed by atoms with Gasteiger partial charge in [0.05, 0.1) is 5.56 Å². The van der Waals surface area contributed by atoms with Crippen LogP contribution in [0.2, 0.25) is 0 Å². The molecule has 0 bridgehead atoms. The Morgan fingerprint density at radius 1 is 1.25 bits per heavy atom. The summed E-state index contributed by atoms with van der Waals surface area (Å²) in [6.07, 6.45) is 6.94. The molecule has 7 nitrogen and oxygen atoms in total. The average Bonchev–Trinajstić information content (AvgIpc) is 3.35. The molecule has 1 aliphatic heterocycles. The third-order valence-corrected chi connectivity index (χ3v) is 4.44. The highest BCUT2D eigenvalue weighted by atomic mass is 16.2. The third kappa shape index (κ3) is 2.68. The van der Waals surface area contributed by atoms with E-state index in [1.165, 1.54) is 6.33 Å². The van der Waals surface area contributed by atoms with Gasteiger partial charge in [0.1, 0.15) is 18.0 Å². The maximum absolute atomic E-state index is 13.1. The Kier molecular flexibility index (Phi) is 3.82. The Labute approximate surface area is 139 Å². The number of carbonyl (C=O) groups excluding carboxylic acids is 1. The summed E-state index contributed by atoms with van der Waals surface area (Å²) < 4.78 is 0. The summed E-state index contributed by atoms with van der Waals surface area (Å²) in [5, 5.41) is 6.85. The van der Waals surface area contributed by atoms with E-state index in [-0.39, 0.29) is 11.8 Å². The van der Waals surface area contributed by atoms with Gasteiger partial charge < -0.3 is 9.88 Å². The van der Waals surface area contributed by atoms with Gasteiger partial charge in [-0.2, -0.15) is 5.10 Å². The van der Waals surface area contributed by atoms with E-state index in [0.717, 1.165) is 30.8 Å². The number of nitrogens with one attached hydrogen (secondary N) is 2. The molecule has 1 amide bonds. The quantitative estimate of drug-likeness (QED) is 0.773. The molecule has 0 unspecified atom stereocenters. The van der Waals surface area contributed by atoms with Crippen LogP contribution < -0.4 is 0 Å². The number of carbonyl (C=O) groups is 1. The van der Waals surface area contributed by atoms with Gasteiger partial charge in [0, 0.05) is 37.0 Å². The highest BCUT2D eigenvalue weighted by Gasteiger charge is 2.28. The Morgan fingerprint density at radius 3 is 2.96 bits per heavy atom. The van der Waals surface area contributed by atoms with Crippen LogP contribution in [0.4, 0.5) is 0 Å². The second-order valence-corrected chi connectivity index (χ2v) is 5.94. The van der Waals surface area contributed by atoms with Crippen molar-refractivity contribution in [1.29, 1.82) is 0 Å². The number of likely N-dealkylation sites (tertiary alicyclic amines) is 1. The van der Waals surface area contributed by atoms with Gasteiger partial charge in [0.25, 0.3) is 5.91 Å². The minimum absolute atomic E-state index is 0.0335. The first-order valence-corrected chi connectivity index (χ1v) is 8.06. The van der Waals surface area contributed by atoms with Crippen molar-refractivity contribution in [3.63, 3.8) is 0 Å². The second-order valence-electron chi connectivity index (χ2n) is 5.94. The van der Waals surface area contributed by atoms with Crippen LogP contribution in [0, 0.1) is 0 Å². The fraction of sp³-hybridized carbons (Fsp3) is 0.294. The van der Waals surface area contributed by atoms with E-state index < -0.39 is 0 Å². The maximum atomic E-state index is 13.1. The molecule has 4 rings (SSSR count). The number of benzene rings is 1. The summed E-state index contributed by atoms with van der Waals surface area (Å²) in [4.78, 5) is 26.6. The van der Waals surface area contributed by atoms with Crippen LogP contribution in [0.5, 0.6) is 0 Å². The molecule has 0 radical (unpaired) electrons. The molecule has 2 aromatic heterocycles. The number of aromatic nitrogens is 5. The molecule has 7 heteroatoms. The number of hydrogen-bond donors (Lipinski definition) is 2. The minimum atomic E-state index is 0.0335. The minimum Gasteiger partial charge on any atom is -0.345 e. The van der Waals surface area contributed by atoms with E-state index in [9.17, 15) is 4.79 Å². The van der Waals surface area contributed by atoms with E-state index in [2.05, 4.69) is 25.1 Å². The first-order chi connectivity index (χ1) is 11.8. The summed E-state index contributed by atoms with van der Waals surface area (Å²) in [6, 6.07) is 7.59. The van der Waals surface area contributed by atoms with E-state index in [1.807, 2.05) is 29.2 Å². The smallest absolute Gasteiger partial charge is 0.254 e. The normalized spacial score (nSPS) is 17.8. The Morgan fingerprint density at radius 2 is 2.17 bits per heavy atom. The lowest BCUT2D eigenvalue weighted by molar-refractivity contribution is 0.0705. The largest absolute Gasteiger partial charge is 0.345 e. The molecule has 1 atom stereocenters. The van der Waals surface area contributed by atoms with Crippen molar-refractivity contribution >= 4 is 5.91 Å². The van der Waals surface area contributed by atoms with Gasteiger partial charge in [0.15, 0.2) is 0 Å². The number of nitrogens with zero attached hydrogens (tertiary/aromatic N) is 4. The van der Waals surface area contributed by atoms with Gasteiger partial charge in [-0.25, -0.2) is 9.97 Å². The average molecular weight is 322 g/mol. The Bertz CT molecular complexity index is 811. The van der Waals surface area contributed by atoms with Crippen molar-refractivity contribution in [2.24, 2.45) is 0 Å². The highest BCUT2D eigenvalue weighted by molar-refractivity contribution is 6.00. The first kappa shape index (κ1) is 14.6. The molecule has 2 N–H and O–H groups in total. The highest BCUT2D eigenvalue weighted by Crippen LogP contribution is 2.27. The molecule has 1 aromatic carbocycles. The zero-order valence-electron chi connectivity index (χ0n) is 13.1. The van der Waals surface area contributed by atoms with Gasteiger partial charge >= 0.3 is 0 Å². The van der Waals surface area contributed by atoms with E-state index in [4.69, 9.17) is 0 Å². The standard InChI is InChI=1S/C17H18N6O/c24-17(14-6-2-1-5-13(14)16-18-7-8-19-16)23-9-3-4-12(10-23)15-20-11-21-22-15/h1-2,5-8,11-12H,3-4,9-10H2,(H,18,19)(H,20,21,22)/t12-/m0/s1. The van der Waals surface area contributed by atoms with Crippen molar-refractivity contribution in [1.82, 2.24) is 30.0 Å². The number of rotatable bonds is 3. The summed E-state index contributed by atoms with van der Waals surface area (Å²) >= 11 is 0. The van der Waals surface area contributed by atoms with Crippen molar-refractivity contribution < 1.29 is 4.79 Å². The van der Waals surface area contributed by atoms with Crippen molar-refractivity contribution in [2.75, 3.05) is 13.1 Å². The van der Waals surface area contributed by atoms with Crippen LogP contribution in [0.3, 0.4) is 0 Å². The summed E-state index contributed by atoms with van der Waals surface area (Å²) in [5.74, 6) is 1.81.